The van der Waals surface area contributed by atoms with E-state index < -0.39 is 0 Å². The molecule has 8 heteroatoms. The maximum atomic E-state index is 13.1. The number of amides is 2. The van der Waals surface area contributed by atoms with E-state index in [0.29, 0.717) is 27.0 Å². The fourth-order valence-corrected chi connectivity index (χ4v) is 4.30. The molecule has 3 aromatic rings. The van der Waals surface area contributed by atoms with Crippen molar-refractivity contribution < 1.29 is 14.3 Å². The number of carbonyl (C=O) groups excluding carboxylic acids is 2. The van der Waals surface area contributed by atoms with Gasteiger partial charge in [0.1, 0.15) is 10.8 Å². The van der Waals surface area contributed by atoms with Crippen LogP contribution in [0.5, 0.6) is 5.75 Å². The lowest BCUT2D eigenvalue weighted by molar-refractivity contribution is -0.113. The van der Waals surface area contributed by atoms with E-state index in [-0.39, 0.29) is 17.6 Å². The summed E-state index contributed by atoms with van der Waals surface area (Å²) in [6, 6.07) is 14.4. The molecule has 0 aliphatic carbocycles. The number of hydrogen-bond donors (Lipinski definition) is 2. The standard InChI is InChI=1S/C24H24ClN3O3S/c1-14-7-5-6-8-18(14)28-23(30)22-15(2)11-16(3)26-24(22)32-13-21(29)27-19-12-17(25)9-10-20(19)31-4/h5-12H,13H2,1-4H3,(H,27,29)(H,28,30). The van der Waals surface area contributed by atoms with Gasteiger partial charge in [-0.05, 0) is 62.2 Å². The van der Waals surface area contributed by atoms with Crippen LogP contribution in [-0.4, -0.2) is 29.7 Å². The maximum absolute atomic E-state index is 13.1. The molecule has 2 aromatic carbocycles. The van der Waals surface area contributed by atoms with Gasteiger partial charge in [-0.2, -0.15) is 0 Å². The lowest BCUT2D eigenvalue weighted by Gasteiger charge is -2.14. The van der Waals surface area contributed by atoms with Crippen LogP contribution in [0.3, 0.4) is 0 Å². The number of hydrogen-bond acceptors (Lipinski definition) is 5. The normalized spacial score (nSPS) is 10.5. The number of nitrogens with zero attached hydrogens (tertiary/aromatic N) is 1. The summed E-state index contributed by atoms with van der Waals surface area (Å²) in [4.78, 5) is 30.2. The van der Waals surface area contributed by atoms with Crippen LogP contribution in [0.2, 0.25) is 5.02 Å². The van der Waals surface area contributed by atoms with Crippen molar-refractivity contribution in [3.63, 3.8) is 0 Å². The molecule has 0 unspecified atom stereocenters. The number of pyridine rings is 1. The number of nitrogens with one attached hydrogen (secondary N) is 2. The molecular weight excluding hydrogens is 446 g/mol. The smallest absolute Gasteiger partial charge is 0.258 e. The number of rotatable bonds is 7. The van der Waals surface area contributed by atoms with Gasteiger partial charge in [-0.15, -0.1) is 0 Å². The Morgan fingerprint density at radius 3 is 2.47 bits per heavy atom. The Labute approximate surface area is 196 Å². The van der Waals surface area contributed by atoms with Gasteiger partial charge in [-0.25, -0.2) is 4.98 Å². The first-order chi connectivity index (χ1) is 15.3. The Morgan fingerprint density at radius 2 is 1.75 bits per heavy atom. The Morgan fingerprint density at radius 1 is 1.00 bits per heavy atom. The van der Waals surface area contributed by atoms with Gasteiger partial charge in [0.05, 0.1) is 24.1 Å². The zero-order valence-corrected chi connectivity index (χ0v) is 19.9. The largest absolute Gasteiger partial charge is 0.495 e. The number of aromatic nitrogens is 1. The van der Waals surface area contributed by atoms with E-state index in [2.05, 4.69) is 15.6 Å². The molecule has 0 aliphatic rings. The van der Waals surface area contributed by atoms with Crippen molar-refractivity contribution in [1.29, 1.82) is 0 Å². The third-order valence-electron chi connectivity index (χ3n) is 4.71. The molecule has 1 heterocycles. The molecule has 0 saturated carbocycles. The minimum atomic E-state index is -0.262. The zero-order valence-electron chi connectivity index (χ0n) is 18.3. The van der Waals surface area contributed by atoms with Gasteiger partial charge >= 0.3 is 0 Å². The van der Waals surface area contributed by atoms with Gasteiger partial charge in [0.15, 0.2) is 0 Å². The number of halogens is 1. The molecular formula is C24H24ClN3O3S. The first kappa shape index (κ1) is 23.6. The van der Waals surface area contributed by atoms with Crippen LogP contribution in [0.15, 0.2) is 53.6 Å². The number of anilines is 2. The molecule has 0 bridgehead atoms. The van der Waals surface area contributed by atoms with Gasteiger partial charge in [0.2, 0.25) is 5.91 Å². The number of ether oxygens (including phenoxy) is 1. The highest BCUT2D eigenvalue weighted by Crippen LogP contribution is 2.29. The predicted molar refractivity (Wildman–Crippen MR) is 130 cm³/mol. The number of carbonyl (C=O) groups is 2. The minimum absolute atomic E-state index is 0.0657. The molecule has 0 spiro atoms. The number of benzene rings is 2. The second-order valence-corrected chi connectivity index (χ2v) is 8.61. The van der Waals surface area contributed by atoms with Crippen LogP contribution in [0.4, 0.5) is 11.4 Å². The van der Waals surface area contributed by atoms with E-state index in [9.17, 15) is 9.59 Å². The molecule has 3 rings (SSSR count). The lowest BCUT2D eigenvalue weighted by atomic mass is 10.1. The van der Waals surface area contributed by atoms with Crippen molar-refractivity contribution in [2.24, 2.45) is 0 Å². The van der Waals surface area contributed by atoms with Gasteiger partial charge in [0.25, 0.3) is 5.91 Å². The Bertz CT molecular complexity index is 1170. The van der Waals surface area contributed by atoms with Gasteiger partial charge in [0, 0.05) is 16.4 Å². The van der Waals surface area contributed by atoms with Crippen LogP contribution in [-0.2, 0) is 4.79 Å². The molecule has 2 N–H and O–H groups in total. The summed E-state index contributed by atoms with van der Waals surface area (Å²) < 4.78 is 5.27. The minimum Gasteiger partial charge on any atom is -0.495 e. The topological polar surface area (TPSA) is 80.3 Å². The molecule has 1 aromatic heterocycles. The molecule has 0 saturated heterocycles. The SMILES string of the molecule is COc1ccc(Cl)cc1NC(=O)CSc1nc(C)cc(C)c1C(=O)Nc1ccccc1C. The molecule has 32 heavy (non-hydrogen) atoms. The molecule has 6 nitrogen and oxygen atoms in total. The van der Waals surface area contributed by atoms with E-state index in [1.54, 1.807) is 18.2 Å². The number of para-hydroxylation sites is 1. The summed E-state index contributed by atoms with van der Waals surface area (Å²) in [6.45, 7) is 5.65. The fourth-order valence-electron chi connectivity index (χ4n) is 3.18. The molecule has 0 fully saturated rings. The van der Waals surface area contributed by atoms with E-state index >= 15 is 0 Å². The number of thioether (sulfide) groups is 1. The van der Waals surface area contributed by atoms with Crippen molar-refractivity contribution in [2.75, 3.05) is 23.5 Å². The Kier molecular flexibility index (Phi) is 7.77. The molecule has 166 valence electrons. The average molecular weight is 470 g/mol. The van der Waals surface area contributed by atoms with Crippen LogP contribution in [0, 0.1) is 20.8 Å². The van der Waals surface area contributed by atoms with Gasteiger partial charge < -0.3 is 15.4 Å². The fraction of sp³-hybridized carbons (Fsp3) is 0.208. The van der Waals surface area contributed by atoms with Crippen LogP contribution in [0.1, 0.15) is 27.2 Å². The summed E-state index contributed by atoms with van der Waals surface area (Å²) in [5, 5.41) is 6.74. The zero-order chi connectivity index (χ0) is 23.3. The van der Waals surface area contributed by atoms with E-state index in [1.807, 2.05) is 51.1 Å². The van der Waals surface area contributed by atoms with Gasteiger partial charge in [-0.3, -0.25) is 9.59 Å². The van der Waals surface area contributed by atoms with Crippen molar-refractivity contribution in [2.45, 2.75) is 25.8 Å². The highest BCUT2D eigenvalue weighted by molar-refractivity contribution is 8.00. The van der Waals surface area contributed by atoms with Crippen LogP contribution >= 0.6 is 23.4 Å². The summed E-state index contributed by atoms with van der Waals surface area (Å²) in [6.07, 6.45) is 0. The van der Waals surface area contributed by atoms with Crippen LogP contribution < -0.4 is 15.4 Å². The van der Waals surface area contributed by atoms with Crippen molar-refractivity contribution in [1.82, 2.24) is 4.98 Å². The monoisotopic (exact) mass is 469 g/mol. The second-order valence-electron chi connectivity index (χ2n) is 7.21. The third-order valence-corrected chi connectivity index (χ3v) is 5.92. The highest BCUT2D eigenvalue weighted by atomic mass is 35.5. The lowest BCUT2D eigenvalue weighted by Crippen LogP contribution is -2.18. The predicted octanol–water partition coefficient (Wildman–Crippen LogP) is 5.65. The molecule has 2 amide bonds. The maximum Gasteiger partial charge on any atom is 0.258 e. The highest BCUT2D eigenvalue weighted by Gasteiger charge is 2.19. The van der Waals surface area contributed by atoms with Crippen molar-refractivity contribution in [3.05, 3.63) is 75.9 Å². The Balaban J connectivity index is 1.78. The van der Waals surface area contributed by atoms with Crippen LogP contribution in [0.25, 0.3) is 0 Å². The number of methoxy groups -OCH3 is 1. The van der Waals surface area contributed by atoms with E-state index in [1.165, 1.54) is 18.9 Å². The summed E-state index contributed by atoms with van der Waals surface area (Å²) in [7, 11) is 1.52. The van der Waals surface area contributed by atoms with E-state index in [0.717, 1.165) is 22.5 Å². The quantitative estimate of drug-likeness (QED) is 0.437. The first-order valence-electron chi connectivity index (χ1n) is 9.90. The third kappa shape index (κ3) is 5.81. The Hall–Kier alpha value is -3.03. The van der Waals surface area contributed by atoms with Crippen molar-refractivity contribution >= 4 is 46.6 Å². The molecule has 0 atom stereocenters. The molecule has 0 aliphatic heterocycles. The summed E-state index contributed by atoms with van der Waals surface area (Å²) in [5.74, 6) is 0.0528. The summed E-state index contributed by atoms with van der Waals surface area (Å²) >= 11 is 7.24. The summed E-state index contributed by atoms with van der Waals surface area (Å²) in [5.41, 5.74) is 4.20. The second kappa shape index (κ2) is 10.5. The average Bonchev–Trinajstić information content (AvgIpc) is 2.73. The van der Waals surface area contributed by atoms with Gasteiger partial charge in [-0.1, -0.05) is 41.6 Å². The number of aryl methyl sites for hydroxylation is 3. The van der Waals surface area contributed by atoms with E-state index in [4.69, 9.17) is 16.3 Å². The van der Waals surface area contributed by atoms with Crippen molar-refractivity contribution in [3.8, 4) is 5.75 Å². The first-order valence-corrected chi connectivity index (χ1v) is 11.3. The molecule has 0 radical (unpaired) electrons.